The number of aliphatic imine (C=N–C) groups is 1. The Balaban J connectivity index is 1.74. The Morgan fingerprint density at radius 2 is 2.00 bits per heavy atom. The maximum Gasteiger partial charge on any atom is 0.323 e. The molecular weight excluding hydrogens is 350 g/mol. The van der Waals surface area contributed by atoms with Crippen molar-refractivity contribution in [2.75, 3.05) is 6.79 Å². The Morgan fingerprint density at radius 3 is 2.91 bits per heavy atom. The lowest BCUT2D eigenvalue weighted by Gasteiger charge is -2.03. The minimum atomic E-state index is -0.231. The van der Waals surface area contributed by atoms with Crippen molar-refractivity contribution in [3.63, 3.8) is 0 Å². The molecule has 4 rings (SSSR count). The van der Waals surface area contributed by atoms with Crippen LogP contribution in [0.3, 0.4) is 0 Å². The summed E-state index contributed by atoms with van der Waals surface area (Å²) in [5.41, 5.74) is 2.79. The molecule has 0 radical (unpaired) electrons. The summed E-state index contributed by atoms with van der Waals surface area (Å²) in [5.74, 6) is 1.38. The molecule has 2 N–H and O–H groups in total. The third kappa shape index (κ3) is 2.19. The molecule has 7 heteroatoms. The van der Waals surface area contributed by atoms with Crippen LogP contribution in [0.25, 0.3) is 11.0 Å². The Kier molecular flexibility index (Phi) is 3.00. The van der Waals surface area contributed by atoms with Gasteiger partial charge in [-0.2, -0.15) is 0 Å². The molecule has 110 valence electrons. The maximum atomic E-state index is 11.3. The summed E-state index contributed by atoms with van der Waals surface area (Å²) in [5, 5.41) is 0. The highest BCUT2D eigenvalue weighted by atomic mass is 79.9. The molecule has 2 aromatic carbocycles. The van der Waals surface area contributed by atoms with Crippen molar-refractivity contribution in [2.24, 2.45) is 4.99 Å². The van der Waals surface area contributed by atoms with Gasteiger partial charge in [-0.1, -0.05) is 0 Å². The van der Waals surface area contributed by atoms with E-state index in [9.17, 15) is 4.79 Å². The number of nitrogens with one attached hydrogen (secondary N) is 2. The number of hydrogen-bond donors (Lipinski definition) is 2. The molecule has 0 saturated carbocycles. The van der Waals surface area contributed by atoms with Crippen LogP contribution in [0, 0.1) is 0 Å². The Bertz CT molecular complexity index is 958. The number of H-pyrrole nitrogens is 2. The van der Waals surface area contributed by atoms with Crippen LogP contribution in [-0.4, -0.2) is 23.0 Å². The number of hydrogen-bond acceptors (Lipinski definition) is 4. The molecule has 0 unspecified atom stereocenters. The van der Waals surface area contributed by atoms with Gasteiger partial charge < -0.3 is 19.4 Å². The molecule has 22 heavy (non-hydrogen) atoms. The number of benzene rings is 2. The molecule has 0 bridgehead atoms. The molecule has 0 atom stereocenters. The van der Waals surface area contributed by atoms with E-state index >= 15 is 0 Å². The molecule has 0 fully saturated rings. The molecule has 1 aliphatic heterocycles. The first kappa shape index (κ1) is 13.1. The monoisotopic (exact) mass is 359 g/mol. The molecule has 6 nitrogen and oxygen atoms in total. The van der Waals surface area contributed by atoms with E-state index in [1.54, 1.807) is 12.3 Å². The average Bonchev–Trinajstić information content (AvgIpc) is 3.10. The minimum Gasteiger partial charge on any atom is -0.454 e. The lowest BCUT2D eigenvalue weighted by atomic mass is 10.2. The molecule has 3 aromatic rings. The first-order chi connectivity index (χ1) is 10.7. The van der Waals surface area contributed by atoms with Crippen LogP contribution < -0.4 is 15.2 Å². The van der Waals surface area contributed by atoms with Gasteiger partial charge in [0.15, 0.2) is 11.5 Å². The van der Waals surface area contributed by atoms with Gasteiger partial charge in [0.2, 0.25) is 6.79 Å². The average molecular weight is 360 g/mol. The van der Waals surface area contributed by atoms with Gasteiger partial charge in [0.05, 0.1) is 22.3 Å². The third-order valence-corrected chi connectivity index (χ3v) is 4.06. The van der Waals surface area contributed by atoms with Crippen molar-refractivity contribution in [3.05, 3.63) is 50.9 Å². The van der Waals surface area contributed by atoms with Gasteiger partial charge in [-0.25, -0.2) is 4.79 Å². The largest absolute Gasteiger partial charge is 0.454 e. The molecule has 0 amide bonds. The van der Waals surface area contributed by atoms with Crippen LogP contribution in [0.1, 0.15) is 5.56 Å². The van der Waals surface area contributed by atoms with E-state index in [4.69, 9.17) is 9.47 Å². The number of ether oxygens (including phenoxy) is 2. The number of aromatic amines is 2. The Labute approximate surface area is 132 Å². The fraction of sp³-hybridized carbons (Fsp3) is 0.0667. The van der Waals surface area contributed by atoms with Crippen molar-refractivity contribution < 1.29 is 9.47 Å². The lowest BCUT2D eigenvalue weighted by Crippen LogP contribution is -1.99. The van der Waals surface area contributed by atoms with Crippen LogP contribution in [0.15, 0.2) is 44.6 Å². The maximum absolute atomic E-state index is 11.3. The van der Waals surface area contributed by atoms with Crippen molar-refractivity contribution in [1.82, 2.24) is 9.97 Å². The first-order valence-corrected chi connectivity index (χ1v) is 7.34. The molecule has 1 aliphatic rings. The van der Waals surface area contributed by atoms with Crippen LogP contribution in [0.5, 0.6) is 11.5 Å². The highest BCUT2D eigenvalue weighted by Gasteiger charge is 2.18. The van der Waals surface area contributed by atoms with E-state index < -0.39 is 0 Å². The van der Waals surface area contributed by atoms with E-state index in [1.165, 1.54) is 0 Å². The predicted octanol–water partition coefficient (Wildman–Crippen LogP) is 3.10. The summed E-state index contributed by atoms with van der Waals surface area (Å²) in [6.45, 7) is 0.211. The van der Waals surface area contributed by atoms with E-state index in [0.29, 0.717) is 11.5 Å². The highest BCUT2D eigenvalue weighted by Crippen LogP contribution is 2.38. The Hall–Kier alpha value is -2.54. The number of halogens is 1. The number of rotatable bonds is 2. The van der Waals surface area contributed by atoms with Gasteiger partial charge >= 0.3 is 5.69 Å². The second kappa shape index (κ2) is 5.03. The smallest absolute Gasteiger partial charge is 0.323 e. The van der Waals surface area contributed by atoms with Gasteiger partial charge in [0, 0.05) is 10.7 Å². The molecule has 0 spiro atoms. The van der Waals surface area contributed by atoms with Crippen LogP contribution in [0.4, 0.5) is 5.69 Å². The standard InChI is InChI=1S/C15H10BrN3O3/c16-10-2-4-13-14(22-7-21-13)9(10)6-17-8-1-3-11-12(5-8)19-15(20)18-11/h1-6H,7H2,(H2,18,19,20). The zero-order valence-electron chi connectivity index (χ0n) is 11.2. The summed E-state index contributed by atoms with van der Waals surface area (Å²) in [6.07, 6.45) is 1.71. The zero-order valence-corrected chi connectivity index (χ0v) is 12.8. The summed E-state index contributed by atoms with van der Waals surface area (Å²) in [7, 11) is 0. The van der Waals surface area contributed by atoms with E-state index in [-0.39, 0.29) is 12.5 Å². The third-order valence-electron chi connectivity index (χ3n) is 3.37. The van der Waals surface area contributed by atoms with E-state index in [1.807, 2.05) is 24.3 Å². The van der Waals surface area contributed by atoms with Gasteiger partial charge in [0.25, 0.3) is 0 Å². The number of nitrogens with zero attached hydrogens (tertiary/aromatic N) is 1. The quantitative estimate of drug-likeness (QED) is 0.690. The topological polar surface area (TPSA) is 79.5 Å². The van der Waals surface area contributed by atoms with Crippen molar-refractivity contribution >= 4 is 38.9 Å². The Morgan fingerprint density at radius 1 is 1.14 bits per heavy atom. The zero-order chi connectivity index (χ0) is 15.1. The summed E-state index contributed by atoms with van der Waals surface area (Å²) in [4.78, 5) is 21.1. The summed E-state index contributed by atoms with van der Waals surface area (Å²) < 4.78 is 11.7. The normalized spacial score (nSPS) is 13.3. The van der Waals surface area contributed by atoms with Crippen molar-refractivity contribution in [2.45, 2.75) is 0 Å². The second-order valence-corrected chi connectivity index (χ2v) is 5.62. The van der Waals surface area contributed by atoms with Crippen molar-refractivity contribution in [1.29, 1.82) is 0 Å². The molecule has 0 saturated heterocycles. The summed E-state index contributed by atoms with van der Waals surface area (Å²) >= 11 is 3.49. The fourth-order valence-corrected chi connectivity index (χ4v) is 2.74. The van der Waals surface area contributed by atoms with E-state index in [0.717, 1.165) is 26.8 Å². The van der Waals surface area contributed by atoms with Crippen molar-refractivity contribution in [3.8, 4) is 11.5 Å². The molecule has 0 aliphatic carbocycles. The van der Waals surface area contributed by atoms with Crippen LogP contribution >= 0.6 is 15.9 Å². The van der Waals surface area contributed by atoms with Gasteiger partial charge in [-0.15, -0.1) is 0 Å². The molecule has 1 aromatic heterocycles. The number of fused-ring (bicyclic) bond motifs is 2. The fourth-order valence-electron chi connectivity index (χ4n) is 2.33. The van der Waals surface area contributed by atoms with Crippen LogP contribution in [-0.2, 0) is 0 Å². The highest BCUT2D eigenvalue weighted by molar-refractivity contribution is 9.10. The molecule has 2 heterocycles. The summed E-state index contributed by atoms with van der Waals surface area (Å²) in [6, 6.07) is 9.18. The lowest BCUT2D eigenvalue weighted by molar-refractivity contribution is 0.174. The number of imidazole rings is 1. The molecular formula is C15H10BrN3O3. The minimum absolute atomic E-state index is 0.211. The van der Waals surface area contributed by atoms with Gasteiger partial charge in [-0.05, 0) is 46.3 Å². The number of aromatic nitrogens is 2. The predicted molar refractivity (Wildman–Crippen MR) is 86.4 cm³/mol. The van der Waals surface area contributed by atoms with Gasteiger partial charge in [0.1, 0.15) is 0 Å². The van der Waals surface area contributed by atoms with Gasteiger partial charge in [-0.3, -0.25) is 4.99 Å². The SMILES string of the molecule is O=c1[nH]c2ccc(N=Cc3c(Br)ccc4c3OCO4)cc2[nH]1. The first-order valence-electron chi connectivity index (χ1n) is 6.55. The van der Waals surface area contributed by atoms with Crippen LogP contribution in [0.2, 0.25) is 0 Å². The van der Waals surface area contributed by atoms with E-state index in [2.05, 4.69) is 30.9 Å². The second-order valence-electron chi connectivity index (χ2n) is 4.76.